The number of hydrogen-bond donors (Lipinski definition) is 2. The molecule has 0 radical (unpaired) electrons. The van der Waals surface area contributed by atoms with Crippen molar-refractivity contribution >= 4 is 5.82 Å². The predicted octanol–water partition coefficient (Wildman–Crippen LogP) is 4.19. The molecule has 0 aliphatic carbocycles. The summed E-state index contributed by atoms with van der Waals surface area (Å²) in [5, 5.41) is 14.5. The maximum atomic E-state index is 5.97. The molecule has 31 heavy (non-hydrogen) atoms. The first kappa shape index (κ1) is 20.7. The van der Waals surface area contributed by atoms with E-state index in [1.807, 2.05) is 30.5 Å². The van der Waals surface area contributed by atoms with Gasteiger partial charge >= 0.3 is 0 Å². The van der Waals surface area contributed by atoms with E-state index in [-0.39, 0.29) is 0 Å². The fourth-order valence-electron chi connectivity index (χ4n) is 3.70. The molecule has 0 atom stereocenters. The second kappa shape index (κ2) is 9.95. The lowest BCUT2D eigenvalue weighted by atomic mass is 9.98. The van der Waals surface area contributed by atoms with Gasteiger partial charge in [0.2, 0.25) is 5.82 Å². The first-order valence-corrected chi connectivity index (χ1v) is 10.6. The average Bonchev–Trinajstić information content (AvgIpc) is 3.37. The fourth-order valence-corrected chi connectivity index (χ4v) is 3.70. The Morgan fingerprint density at radius 2 is 1.77 bits per heavy atom. The van der Waals surface area contributed by atoms with E-state index < -0.39 is 0 Å². The molecule has 4 aromatic rings. The zero-order valence-corrected chi connectivity index (χ0v) is 17.7. The summed E-state index contributed by atoms with van der Waals surface area (Å²) in [7, 11) is 0. The molecule has 0 amide bonds. The van der Waals surface area contributed by atoms with Crippen LogP contribution in [0.3, 0.4) is 0 Å². The molecule has 0 bridgehead atoms. The Morgan fingerprint density at radius 1 is 0.968 bits per heavy atom. The molecular weight excluding hydrogens is 386 g/mol. The molecular formula is C24H27N7. The standard InChI is InChI=1S/C24H27N7/c1-2-3-15-31(24-20(16-25)7-6-14-26-24)17-18-10-12-19(13-11-18)21-8-4-5-9-22(21)23-27-29-30-28-23/h4-14H,2-3,15-17,25H2,1H3,(H,27,28,29,30). The highest BCUT2D eigenvalue weighted by molar-refractivity contribution is 5.80. The monoisotopic (exact) mass is 413 g/mol. The average molecular weight is 414 g/mol. The van der Waals surface area contributed by atoms with Crippen molar-refractivity contribution in [1.82, 2.24) is 25.6 Å². The zero-order valence-electron chi connectivity index (χ0n) is 17.7. The topological polar surface area (TPSA) is 96.6 Å². The largest absolute Gasteiger partial charge is 0.352 e. The minimum absolute atomic E-state index is 0.484. The van der Waals surface area contributed by atoms with Crippen LogP contribution in [0.2, 0.25) is 0 Å². The Morgan fingerprint density at radius 3 is 2.48 bits per heavy atom. The van der Waals surface area contributed by atoms with E-state index in [1.165, 1.54) is 5.56 Å². The minimum Gasteiger partial charge on any atom is -0.352 e. The number of nitrogens with zero attached hydrogens (tertiary/aromatic N) is 5. The molecule has 0 saturated carbocycles. The van der Waals surface area contributed by atoms with E-state index in [0.717, 1.165) is 54.0 Å². The number of nitrogens with one attached hydrogen (secondary N) is 1. The van der Waals surface area contributed by atoms with Gasteiger partial charge in [0.25, 0.3) is 0 Å². The van der Waals surface area contributed by atoms with Crippen molar-refractivity contribution in [3.63, 3.8) is 0 Å². The normalized spacial score (nSPS) is 10.9. The Bertz CT molecular complexity index is 1090. The maximum absolute atomic E-state index is 5.97. The molecule has 0 aliphatic rings. The summed E-state index contributed by atoms with van der Waals surface area (Å²) < 4.78 is 0. The first-order valence-electron chi connectivity index (χ1n) is 10.6. The van der Waals surface area contributed by atoms with Crippen molar-refractivity contribution < 1.29 is 0 Å². The van der Waals surface area contributed by atoms with E-state index in [9.17, 15) is 0 Å². The van der Waals surface area contributed by atoms with E-state index in [0.29, 0.717) is 12.4 Å². The van der Waals surface area contributed by atoms with Crippen LogP contribution in [0.4, 0.5) is 5.82 Å². The van der Waals surface area contributed by atoms with Gasteiger partial charge in [0.05, 0.1) is 0 Å². The highest BCUT2D eigenvalue weighted by Crippen LogP contribution is 2.30. The van der Waals surface area contributed by atoms with Crippen molar-refractivity contribution in [3.8, 4) is 22.5 Å². The number of aromatic amines is 1. The summed E-state index contributed by atoms with van der Waals surface area (Å²) in [6.07, 6.45) is 4.08. The third-order valence-corrected chi connectivity index (χ3v) is 5.32. The van der Waals surface area contributed by atoms with Gasteiger partial charge in [-0.15, -0.1) is 10.2 Å². The Balaban J connectivity index is 1.59. The van der Waals surface area contributed by atoms with Crippen LogP contribution in [-0.4, -0.2) is 32.2 Å². The van der Waals surface area contributed by atoms with Gasteiger partial charge in [0, 0.05) is 37.0 Å². The van der Waals surface area contributed by atoms with Crippen LogP contribution in [0.1, 0.15) is 30.9 Å². The molecule has 0 fully saturated rings. The molecule has 0 aliphatic heterocycles. The lowest BCUT2D eigenvalue weighted by Crippen LogP contribution is -2.26. The molecule has 158 valence electrons. The summed E-state index contributed by atoms with van der Waals surface area (Å²) in [5.74, 6) is 1.57. The summed E-state index contributed by atoms with van der Waals surface area (Å²) in [4.78, 5) is 6.95. The second-order valence-electron chi connectivity index (χ2n) is 7.44. The number of tetrazole rings is 1. The number of rotatable bonds is 9. The second-order valence-corrected chi connectivity index (χ2v) is 7.44. The number of H-pyrrole nitrogens is 1. The van der Waals surface area contributed by atoms with Crippen molar-refractivity contribution in [3.05, 3.63) is 78.0 Å². The first-order chi connectivity index (χ1) is 15.3. The van der Waals surface area contributed by atoms with Gasteiger partial charge < -0.3 is 10.6 Å². The maximum Gasteiger partial charge on any atom is 0.205 e. The number of unbranched alkanes of at least 4 members (excludes halogenated alkanes) is 1. The van der Waals surface area contributed by atoms with Gasteiger partial charge in [-0.2, -0.15) is 5.21 Å². The van der Waals surface area contributed by atoms with Gasteiger partial charge in [0.1, 0.15) is 5.82 Å². The Hall–Kier alpha value is -3.58. The molecule has 0 unspecified atom stereocenters. The third kappa shape index (κ3) is 4.78. The van der Waals surface area contributed by atoms with Crippen molar-refractivity contribution in [1.29, 1.82) is 0 Å². The minimum atomic E-state index is 0.484. The van der Waals surface area contributed by atoms with Crippen LogP contribution in [0.15, 0.2) is 66.9 Å². The molecule has 2 heterocycles. The molecule has 3 N–H and O–H groups in total. The van der Waals surface area contributed by atoms with Crippen LogP contribution in [0.5, 0.6) is 0 Å². The quantitative estimate of drug-likeness (QED) is 0.427. The Kier molecular flexibility index (Phi) is 6.64. The SMILES string of the molecule is CCCCN(Cc1ccc(-c2ccccc2-c2nn[nH]n2)cc1)c1ncccc1CN. The van der Waals surface area contributed by atoms with E-state index in [1.54, 1.807) is 0 Å². The summed E-state index contributed by atoms with van der Waals surface area (Å²) in [6, 6.07) is 20.7. The molecule has 2 aromatic carbocycles. The highest BCUT2D eigenvalue weighted by atomic mass is 15.5. The highest BCUT2D eigenvalue weighted by Gasteiger charge is 2.14. The molecule has 2 aromatic heterocycles. The molecule has 7 heteroatoms. The van der Waals surface area contributed by atoms with E-state index in [2.05, 4.69) is 73.8 Å². The van der Waals surface area contributed by atoms with Crippen LogP contribution < -0.4 is 10.6 Å². The number of aromatic nitrogens is 5. The predicted molar refractivity (Wildman–Crippen MR) is 123 cm³/mol. The molecule has 0 saturated heterocycles. The lowest BCUT2D eigenvalue weighted by Gasteiger charge is -2.26. The van der Waals surface area contributed by atoms with Gasteiger partial charge in [-0.3, -0.25) is 0 Å². The van der Waals surface area contributed by atoms with Crippen LogP contribution in [0, 0.1) is 0 Å². The van der Waals surface area contributed by atoms with Crippen LogP contribution >= 0.6 is 0 Å². The number of nitrogens with two attached hydrogens (primary N) is 1. The smallest absolute Gasteiger partial charge is 0.205 e. The van der Waals surface area contributed by atoms with Gasteiger partial charge in [-0.1, -0.05) is 67.9 Å². The summed E-state index contributed by atoms with van der Waals surface area (Å²) in [6.45, 7) is 4.42. The zero-order chi connectivity index (χ0) is 21.5. The fraction of sp³-hybridized carbons (Fsp3) is 0.250. The summed E-state index contributed by atoms with van der Waals surface area (Å²) in [5.41, 5.74) is 11.4. The number of benzene rings is 2. The van der Waals surface area contributed by atoms with Gasteiger partial charge in [-0.05, 0) is 34.4 Å². The molecule has 0 spiro atoms. The van der Waals surface area contributed by atoms with Crippen LogP contribution in [0.25, 0.3) is 22.5 Å². The van der Waals surface area contributed by atoms with Gasteiger partial charge in [-0.25, -0.2) is 4.98 Å². The van der Waals surface area contributed by atoms with Crippen molar-refractivity contribution in [2.75, 3.05) is 11.4 Å². The summed E-state index contributed by atoms with van der Waals surface area (Å²) >= 11 is 0. The van der Waals surface area contributed by atoms with Crippen molar-refractivity contribution in [2.24, 2.45) is 5.73 Å². The van der Waals surface area contributed by atoms with Gasteiger partial charge in [0.15, 0.2) is 0 Å². The van der Waals surface area contributed by atoms with Crippen LogP contribution in [-0.2, 0) is 13.1 Å². The number of hydrogen-bond acceptors (Lipinski definition) is 6. The molecule has 7 nitrogen and oxygen atoms in total. The third-order valence-electron chi connectivity index (χ3n) is 5.32. The number of pyridine rings is 1. The van der Waals surface area contributed by atoms with E-state index in [4.69, 9.17) is 5.73 Å². The number of anilines is 1. The van der Waals surface area contributed by atoms with Crippen molar-refractivity contribution in [2.45, 2.75) is 32.9 Å². The lowest BCUT2D eigenvalue weighted by molar-refractivity contribution is 0.703. The Labute approximate surface area is 182 Å². The molecule has 4 rings (SSSR count). The van der Waals surface area contributed by atoms with E-state index >= 15 is 0 Å².